The van der Waals surface area contributed by atoms with Crippen LogP contribution in [-0.2, 0) is 19.2 Å². The fourth-order valence-corrected chi connectivity index (χ4v) is 2.83. The minimum atomic E-state index is -1.18. The molecule has 4 atom stereocenters. The summed E-state index contributed by atoms with van der Waals surface area (Å²) in [5.41, 5.74) is 5.45. The lowest BCUT2D eigenvalue weighted by Gasteiger charge is -2.25. The molecule has 0 spiro atoms. The van der Waals surface area contributed by atoms with Crippen molar-refractivity contribution in [3.63, 3.8) is 0 Å². The molecule has 0 radical (unpaired) electrons. The zero-order valence-electron chi connectivity index (χ0n) is 16.2. The SMILES string of the molecule is CSCCC(NC(=O)C(N)CO)C(=O)NC(CS)C(=O)NC(C(=O)O)C(C)C. The number of nitrogens with two attached hydrogens (primary N) is 1. The number of carbonyl (C=O) groups is 4. The summed E-state index contributed by atoms with van der Waals surface area (Å²) >= 11 is 5.51. The molecule has 10 nitrogen and oxygen atoms in total. The predicted octanol–water partition coefficient (Wildman–Crippen LogP) is -1.82. The van der Waals surface area contributed by atoms with Crippen LogP contribution in [0.15, 0.2) is 0 Å². The van der Waals surface area contributed by atoms with Gasteiger partial charge in [-0.25, -0.2) is 4.79 Å². The second-order valence-corrected chi connectivity index (χ2v) is 7.79. The highest BCUT2D eigenvalue weighted by molar-refractivity contribution is 7.98. The van der Waals surface area contributed by atoms with Crippen molar-refractivity contribution >= 4 is 48.1 Å². The van der Waals surface area contributed by atoms with Crippen molar-refractivity contribution in [2.24, 2.45) is 11.7 Å². The van der Waals surface area contributed by atoms with Gasteiger partial charge in [0, 0.05) is 5.75 Å². The number of thioether (sulfide) groups is 1. The van der Waals surface area contributed by atoms with E-state index in [-0.39, 0.29) is 18.1 Å². The normalized spacial score (nSPS) is 15.2. The smallest absolute Gasteiger partial charge is 0.326 e. The summed E-state index contributed by atoms with van der Waals surface area (Å²) in [6.07, 6.45) is 2.11. The van der Waals surface area contributed by atoms with Crippen molar-refractivity contribution in [1.82, 2.24) is 16.0 Å². The van der Waals surface area contributed by atoms with E-state index in [1.165, 1.54) is 11.8 Å². The zero-order valence-corrected chi connectivity index (χ0v) is 17.9. The fraction of sp³-hybridized carbons (Fsp3) is 0.750. The van der Waals surface area contributed by atoms with E-state index in [4.69, 9.17) is 10.8 Å². The van der Waals surface area contributed by atoms with Crippen LogP contribution in [0.25, 0.3) is 0 Å². The van der Waals surface area contributed by atoms with Gasteiger partial charge in [-0.1, -0.05) is 13.8 Å². The molecule has 3 amide bonds. The molecule has 0 bridgehead atoms. The third-order valence-corrected chi connectivity index (χ3v) is 4.83. The Balaban J connectivity index is 5.13. The van der Waals surface area contributed by atoms with E-state index in [1.54, 1.807) is 13.8 Å². The first-order valence-corrected chi connectivity index (χ1v) is 10.7. The van der Waals surface area contributed by atoms with Crippen molar-refractivity contribution < 1.29 is 29.4 Å². The molecule has 0 heterocycles. The van der Waals surface area contributed by atoms with Crippen molar-refractivity contribution in [1.29, 1.82) is 0 Å². The fourth-order valence-electron chi connectivity index (χ4n) is 2.10. The number of carbonyl (C=O) groups excluding carboxylic acids is 3. The average molecular weight is 439 g/mol. The molecule has 0 aliphatic carbocycles. The first-order valence-electron chi connectivity index (χ1n) is 8.69. The van der Waals surface area contributed by atoms with Gasteiger partial charge in [-0.15, -0.1) is 0 Å². The predicted molar refractivity (Wildman–Crippen MR) is 110 cm³/mol. The maximum Gasteiger partial charge on any atom is 0.326 e. The number of hydrogen-bond acceptors (Lipinski definition) is 8. The first-order chi connectivity index (χ1) is 13.1. The lowest BCUT2D eigenvalue weighted by atomic mass is 10.0. The van der Waals surface area contributed by atoms with E-state index in [9.17, 15) is 24.3 Å². The highest BCUT2D eigenvalue weighted by atomic mass is 32.2. The van der Waals surface area contributed by atoms with E-state index in [0.717, 1.165) is 0 Å². The topological polar surface area (TPSA) is 171 Å². The Morgan fingerprint density at radius 2 is 1.57 bits per heavy atom. The number of hydrogen-bond donors (Lipinski definition) is 7. The zero-order chi connectivity index (χ0) is 21.9. The standard InChI is InChI=1S/C16H30N4O6S2/c1-8(2)12(16(25)26)20-15(24)11(7-27)19-14(23)10(4-5-28-3)18-13(22)9(17)6-21/h8-12,21,27H,4-7,17H2,1-3H3,(H,18,22)(H,19,23)(H,20,24)(H,25,26). The summed E-state index contributed by atoms with van der Waals surface area (Å²) in [7, 11) is 0. The van der Waals surface area contributed by atoms with E-state index in [2.05, 4.69) is 28.6 Å². The van der Waals surface area contributed by atoms with Gasteiger partial charge >= 0.3 is 5.97 Å². The number of carboxylic acid groups (broad SMARTS) is 1. The van der Waals surface area contributed by atoms with E-state index < -0.39 is 54.5 Å². The van der Waals surface area contributed by atoms with E-state index in [0.29, 0.717) is 5.75 Å². The monoisotopic (exact) mass is 438 g/mol. The van der Waals surface area contributed by atoms with Gasteiger partial charge in [-0.05, 0) is 24.3 Å². The molecule has 0 aliphatic rings. The number of carboxylic acids is 1. The molecular weight excluding hydrogens is 408 g/mol. The maximum absolute atomic E-state index is 12.6. The second-order valence-electron chi connectivity index (χ2n) is 6.44. The summed E-state index contributed by atoms with van der Waals surface area (Å²) in [5.74, 6) is -3.06. The van der Waals surface area contributed by atoms with E-state index >= 15 is 0 Å². The van der Waals surface area contributed by atoms with Gasteiger partial charge in [0.05, 0.1) is 6.61 Å². The minimum Gasteiger partial charge on any atom is -0.480 e. The molecule has 0 saturated carbocycles. The quantitative estimate of drug-likeness (QED) is 0.165. The highest BCUT2D eigenvalue weighted by Gasteiger charge is 2.30. The lowest BCUT2D eigenvalue weighted by molar-refractivity contribution is -0.143. The Morgan fingerprint density at radius 1 is 1.04 bits per heavy atom. The summed E-state index contributed by atoms with van der Waals surface area (Å²) in [6.45, 7) is 2.72. The Kier molecular flexibility index (Phi) is 12.9. The number of amides is 3. The molecule has 0 aromatic heterocycles. The van der Waals surface area contributed by atoms with Crippen LogP contribution >= 0.6 is 24.4 Å². The van der Waals surface area contributed by atoms with Crippen molar-refractivity contribution in [2.75, 3.05) is 24.4 Å². The van der Waals surface area contributed by atoms with Crippen molar-refractivity contribution in [3.8, 4) is 0 Å². The van der Waals surface area contributed by atoms with Gasteiger partial charge in [0.1, 0.15) is 24.2 Å². The van der Waals surface area contributed by atoms with Crippen molar-refractivity contribution in [3.05, 3.63) is 0 Å². The van der Waals surface area contributed by atoms with Crippen LogP contribution in [0, 0.1) is 5.92 Å². The molecule has 0 aromatic rings. The first kappa shape index (κ1) is 26.5. The van der Waals surface area contributed by atoms with Crippen LogP contribution in [0.3, 0.4) is 0 Å². The molecule has 0 aromatic carbocycles. The number of aliphatic carboxylic acids is 1. The van der Waals surface area contributed by atoms with Crippen molar-refractivity contribution in [2.45, 2.75) is 44.4 Å². The molecule has 12 heteroatoms. The average Bonchev–Trinajstić information content (AvgIpc) is 2.65. The number of rotatable bonds is 13. The number of aliphatic hydroxyl groups excluding tert-OH is 1. The van der Waals surface area contributed by atoms with Crippen LogP contribution in [-0.4, -0.2) is 82.4 Å². The summed E-state index contributed by atoms with van der Waals surface area (Å²) in [4.78, 5) is 48.1. The van der Waals surface area contributed by atoms with Gasteiger partial charge in [0.2, 0.25) is 17.7 Å². The molecule has 0 aliphatic heterocycles. The molecule has 0 fully saturated rings. The van der Waals surface area contributed by atoms with Crippen LogP contribution < -0.4 is 21.7 Å². The highest BCUT2D eigenvalue weighted by Crippen LogP contribution is 2.05. The Bertz CT molecular complexity index is 549. The molecule has 4 unspecified atom stereocenters. The molecule has 7 N–H and O–H groups in total. The third kappa shape index (κ3) is 9.13. The van der Waals surface area contributed by atoms with Gasteiger partial charge < -0.3 is 31.9 Å². The van der Waals surface area contributed by atoms with Gasteiger partial charge in [-0.2, -0.15) is 24.4 Å². The summed E-state index contributed by atoms with van der Waals surface area (Å²) in [6, 6.07) is -4.33. The molecule has 162 valence electrons. The number of aliphatic hydroxyl groups is 1. The molecule has 0 rings (SSSR count). The Hall–Kier alpha value is -1.50. The van der Waals surface area contributed by atoms with Gasteiger partial charge in [-0.3, -0.25) is 14.4 Å². The molecule has 28 heavy (non-hydrogen) atoms. The number of thiol groups is 1. The Labute approximate surface area is 174 Å². The van der Waals surface area contributed by atoms with Crippen LogP contribution in [0.1, 0.15) is 20.3 Å². The summed E-state index contributed by atoms with van der Waals surface area (Å²) in [5, 5.41) is 25.4. The van der Waals surface area contributed by atoms with Crippen LogP contribution in [0.4, 0.5) is 0 Å². The minimum absolute atomic E-state index is 0.0681. The van der Waals surface area contributed by atoms with Crippen LogP contribution in [0.5, 0.6) is 0 Å². The van der Waals surface area contributed by atoms with Crippen LogP contribution in [0.2, 0.25) is 0 Å². The Morgan fingerprint density at radius 3 is 2.00 bits per heavy atom. The molecule has 0 saturated heterocycles. The summed E-state index contributed by atoms with van der Waals surface area (Å²) < 4.78 is 0. The molecular formula is C16H30N4O6S2. The number of nitrogens with one attached hydrogen (secondary N) is 3. The van der Waals surface area contributed by atoms with Gasteiger partial charge in [0.25, 0.3) is 0 Å². The van der Waals surface area contributed by atoms with E-state index in [1.807, 2.05) is 6.26 Å². The second kappa shape index (κ2) is 13.6. The lowest BCUT2D eigenvalue weighted by Crippen LogP contribution is -2.58. The largest absolute Gasteiger partial charge is 0.480 e. The maximum atomic E-state index is 12.6. The van der Waals surface area contributed by atoms with Gasteiger partial charge in [0.15, 0.2) is 0 Å². The third-order valence-electron chi connectivity index (χ3n) is 3.82.